The van der Waals surface area contributed by atoms with Gasteiger partial charge in [-0.3, -0.25) is 0 Å². The molecule has 0 bridgehead atoms. The van der Waals surface area contributed by atoms with E-state index in [1.54, 1.807) is 0 Å². The lowest BCUT2D eigenvalue weighted by Gasteiger charge is -2.29. The van der Waals surface area contributed by atoms with E-state index in [9.17, 15) is 0 Å². The molecule has 2 heterocycles. The van der Waals surface area contributed by atoms with Crippen LogP contribution >= 0.6 is 0 Å². The van der Waals surface area contributed by atoms with E-state index in [-0.39, 0.29) is 0 Å². The van der Waals surface area contributed by atoms with E-state index in [1.165, 1.54) is 42.7 Å². The van der Waals surface area contributed by atoms with Gasteiger partial charge >= 0.3 is 0 Å². The highest BCUT2D eigenvalue weighted by Gasteiger charge is 2.28. The number of rotatable bonds is 6. The summed E-state index contributed by atoms with van der Waals surface area (Å²) in [5.74, 6) is 0. The Morgan fingerprint density at radius 1 is 1.27 bits per heavy atom. The van der Waals surface area contributed by atoms with Crippen LogP contribution in [-0.4, -0.2) is 61.9 Å². The van der Waals surface area contributed by atoms with Crippen LogP contribution in [0.1, 0.15) is 40.0 Å². The number of hydrogen-bond acceptors (Lipinski definition) is 3. The molecule has 0 radical (unpaired) electrons. The van der Waals surface area contributed by atoms with Crippen LogP contribution in [0.25, 0.3) is 0 Å². The molecule has 0 aliphatic carbocycles. The summed E-state index contributed by atoms with van der Waals surface area (Å²) < 4.78 is 7.35. The fourth-order valence-corrected chi connectivity index (χ4v) is 3.47. The molecule has 0 spiro atoms. The Labute approximate surface area is 136 Å². The molecule has 1 unspecified atom stereocenters. The Morgan fingerprint density at radius 2 is 1.95 bits per heavy atom. The van der Waals surface area contributed by atoms with Gasteiger partial charge in [-0.25, -0.2) is 0 Å². The van der Waals surface area contributed by atoms with Gasteiger partial charge in [-0.2, -0.15) is 0 Å². The number of quaternary nitrogens is 1. The second-order valence-electron chi connectivity index (χ2n) is 7.38. The van der Waals surface area contributed by atoms with Crippen molar-refractivity contribution < 1.29 is 9.22 Å². The predicted octanol–water partition coefficient (Wildman–Crippen LogP) is 2.47. The van der Waals surface area contributed by atoms with E-state index < -0.39 is 0 Å². The fraction of sp³-hybridized carbons (Fsp3) is 0.778. The highest BCUT2D eigenvalue weighted by molar-refractivity contribution is 5.24. The fourth-order valence-electron chi connectivity index (χ4n) is 3.47. The lowest BCUT2D eigenvalue weighted by atomic mass is 10.2. The third-order valence-corrected chi connectivity index (χ3v) is 5.32. The van der Waals surface area contributed by atoms with Crippen LogP contribution in [0.15, 0.2) is 23.0 Å². The summed E-state index contributed by atoms with van der Waals surface area (Å²) in [7, 11) is 2.37. The molecular weight excluding hydrogens is 274 g/mol. The quantitative estimate of drug-likeness (QED) is 0.605. The third-order valence-electron chi connectivity index (χ3n) is 5.32. The highest BCUT2D eigenvalue weighted by atomic mass is 16.5. The molecule has 0 aromatic rings. The monoisotopic (exact) mass is 308 g/mol. The molecule has 2 saturated heterocycles. The first kappa shape index (κ1) is 17.4. The molecule has 2 aliphatic rings. The van der Waals surface area contributed by atoms with Crippen LogP contribution in [0.2, 0.25) is 0 Å². The van der Waals surface area contributed by atoms with Crippen molar-refractivity contribution in [1.29, 1.82) is 0 Å². The number of nitrogens with two attached hydrogens (primary N) is 1. The Morgan fingerprint density at radius 3 is 2.59 bits per heavy atom. The van der Waals surface area contributed by atoms with Gasteiger partial charge in [0.1, 0.15) is 6.54 Å². The van der Waals surface area contributed by atoms with Gasteiger partial charge in [-0.1, -0.05) is 0 Å². The molecule has 126 valence electrons. The number of nitrogens with zero attached hydrogens (tertiary/aromatic N) is 2. The Balaban J connectivity index is 1.74. The average molecular weight is 308 g/mol. The van der Waals surface area contributed by atoms with E-state index in [2.05, 4.69) is 31.9 Å². The van der Waals surface area contributed by atoms with Crippen LogP contribution < -0.4 is 5.73 Å². The van der Waals surface area contributed by atoms with E-state index in [4.69, 9.17) is 10.5 Å². The van der Waals surface area contributed by atoms with Crippen molar-refractivity contribution in [2.45, 2.75) is 46.1 Å². The van der Waals surface area contributed by atoms with Gasteiger partial charge in [-0.05, 0) is 38.8 Å². The van der Waals surface area contributed by atoms with Crippen molar-refractivity contribution in [3.05, 3.63) is 23.0 Å². The topological polar surface area (TPSA) is 38.5 Å². The molecule has 1 atom stereocenters. The molecule has 4 heteroatoms. The van der Waals surface area contributed by atoms with Gasteiger partial charge < -0.3 is 19.9 Å². The lowest BCUT2D eigenvalue weighted by Crippen LogP contribution is -2.43. The number of likely N-dealkylation sites (N-methyl/N-ethyl adjacent to an activating group) is 1. The van der Waals surface area contributed by atoms with Gasteiger partial charge in [0.05, 0.1) is 32.8 Å². The first-order valence-electron chi connectivity index (χ1n) is 8.71. The maximum absolute atomic E-state index is 6.14. The molecule has 2 rings (SSSR count). The van der Waals surface area contributed by atoms with Crippen molar-refractivity contribution in [3.8, 4) is 0 Å². The molecule has 2 fully saturated rings. The normalized spacial score (nSPS) is 26.5. The molecule has 0 aromatic heterocycles. The zero-order chi connectivity index (χ0) is 16.2. The van der Waals surface area contributed by atoms with Crippen LogP contribution in [-0.2, 0) is 4.74 Å². The molecule has 22 heavy (non-hydrogen) atoms. The second-order valence-corrected chi connectivity index (χ2v) is 7.38. The predicted molar refractivity (Wildman–Crippen MR) is 92.3 cm³/mol. The molecule has 2 aliphatic heterocycles. The van der Waals surface area contributed by atoms with E-state index in [0.29, 0.717) is 6.10 Å². The summed E-state index contributed by atoms with van der Waals surface area (Å²) in [5.41, 5.74) is 9.19. The molecule has 2 N–H and O–H groups in total. The van der Waals surface area contributed by atoms with E-state index in [1.807, 2.05) is 6.92 Å². The van der Waals surface area contributed by atoms with Crippen LogP contribution in [0, 0.1) is 0 Å². The van der Waals surface area contributed by atoms with Crippen molar-refractivity contribution >= 4 is 0 Å². The average Bonchev–Trinajstić information content (AvgIpc) is 3.08. The van der Waals surface area contributed by atoms with Crippen LogP contribution in [0.3, 0.4) is 0 Å². The van der Waals surface area contributed by atoms with Crippen molar-refractivity contribution in [3.63, 3.8) is 0 Å². The Kier molecular flexibility index (Phi) is 5.93. The number of allylic oxidation sites excluding steroid dienone is 4. The molecule has 0 saturated carbocycles. The van der Waals surface area contributed by atoms with Gasteiger partial charge in [0.2, 0.25) is 0 Å². The van der Waals surface area contributed by atoms with Gasteiger partial charge in [0.15, 0.2) is 0 Å². The highest BCUT2D eigenvalue weighted by Crippen LogP contribution is 2.20. The minimum atomic E-state index is 0.390. The maximum atomic E-state index is 6.14. The lowest BCUT2D eigenvalue weighted by molar-refractivity contribution is -0.898. The van der Waals surface area contributed by atoms with E-state index >= 15 is 0 Å². The Hall–Kier alpha value is -1.00. The first-order chi connectivity index (χ1) is 10.4. The van der Waals surface area contributed by atoms with Crippen molar-refractivity contribution in [2.75, 3.05) is 46.4 Å². The van der Waals surface area contributed by atoms with Crippen LogP contribution in [0.5, 0.6) is 0 Å². The summed E-state index contributed by atoms with van der Waals surface area (Å²) in [4.78, 5) is 2.42. The van der Waals surface area contributed by atoms with E-state index in [0.717, 1.165) is 37.4 Å². The molecular formula is C18H34N3O+. The van der Waals surface area contributed by atoms with Crippen molar-refractivity contribution in [2.24, 2.45) is 5.73 Å². The Bertz CT molecular complexity index is 432. The summed E-state index contributed by atoms with van der Waals surface area (Å²) in [6, 6.07) is 0. The standard InChI is InChI=1S/C18H34N3O/c1-15(17(3)19)13-16(2)20-8-7-18(14-20)22-12-11-21(4)9-5-6-10-21/h13,18H,5-12,14,19H2,1-4H3/q+1/b16-13+,17-15+. The largest absolute Gasteiger partial charge is 0.402 e. The summed E-state index contributed by atoms with van der Waals surface area (Å²) in [6.45, 7) is 13.0. The van der Waals surface area contributed by atoms with Gasteiger partial charge in [0, 0.05) is 37.3 Å². The summed E-state index contributed by atoms with van der Waals surface area (Å²) in [6.07, 6.45) is 6.48. The first-order valence-corrected chi connectivity index (χ1v) is 8.71. The zero-order valence-electron chi connectivity index (χ0n) is 14.9. The smallest absolute Gasteiger partial charge is 0.102 e. The third kappa shape index (κ3) is 4.75. The van der Waals surface area contributed by atoms with Gasteiger partial charge in [0.25, 0.3) is 0 Å². The summed E-state index contributed by atoms with van der Waals surface area (Å²) >= 11 is 0. The maximum Gasteiger partial charge on any atom is 0.102 e. The minimum Gasteiger partial charge on any atom is -0.402 e. The van der Waals surface area contributed by atoms with Crippen LogP contribution in [0.4, 0.5) is 0 Å². The summed E-state index contributed by atoms with van der Waals surface area (Å²) in [5, 5.41) is 0. The minimum absolute atomic E-state index is 0.390. The second kappa shape index (κ2) is 7.51. The molecule has 0 amide bonds. The molecule has 0 aromatic carbocycles. The van der Waals surface area contributed by atoms with Gasteiger partial charge in [-0.15, -0.1) is 0 Å². The molecule has 4 nitrogen and oxygen atoms in total. The number of hydrogen-bond donors (Lipinski definition) is 1. The van der Waals surface area contributed by atoms with Crippen molar-refractivity contribution in [1.82, 2.24) is 4.90 Å². The SMILES string of the molecule is C/C(=C\C(C)=C(/C)N)N1CCC(OCC[N+]2(C)CCCC2)C1. The number of ether oxygens (including phenoxy) is 1. The number of likely N-dealkylation sites (tertiary alicyclic amines) is 2. The zero-order valence-corrected chi connectivity index (χ0v) is 14.9.